The number of nitrogens with one attached hydrogen (secondary N) is 1. The van der Waals surface area contributed by atoms with Crippen LogP contribution in [0.25, 0.3) is 11.5 Å². The molecule has 3 heterocycles. The standard InChI is InChI=1S/C15H19N5O/c1-10(2)15(21)20-9-3-4-11(20)12-13(17-6-5-16-12)14-18-7-8-19-14/h5-8,10-11H,3-4,9H2,1-2H3,(H,18,19)/t11-/m0/s1. The zero-order valence-corrected chi connectivity index (χ0v) is 12.3. The molecule has 1 aliphatic rings. The Morgan fingerprint density at radius 2 is 2.10 bits per heavy atom. The molecule has 1 aliphatic heterocycles. The smallest absolute Gasteiger partial charge is 0.225 e. The van der Waals surface area contributed by atoms with Crippen molar-refractivity contribution < 1.29 is 4.79 Å². The van der Waals surface area contributed by atoms with Gasteiger partial charge >= 0.3 is 0 Å². The summed E-state index contributed by atoms with van der Waals surface area (Å²) in [5.74, 6) is 0.866. The van der Waals surface area contributed by atoms with E-state index in [0.29, 0.717) is 5.82 Å². The van der Waals surface area contributed by atoms with Crippen LogP contribution in [0.3, 0.4) is 0 Å². The van der Waals surface area contributed by atoms with Gasteiger partial charge in [0.15, 0.2) is 5.82 Å². The van der Waals surface area contributed by atoms with Gasteiger partial charge in [-0.25, -0.2) is 9.97 Å². The van der Waals surface area contributed by atoms with Gasteiger partial charge in [-0.1, -0.05) is 13.8 Å². The van der Waals surface area contributed by atoms with Crippen LogP contribution in [0.5, 0.6) is 0 Å². The Hall–Kier alpha value is -2.24. The number of amides is 1. The van der Waals surface area contributed by atoms with E-state index in [2.05, 4.69) is 19.9 Å². The van der Waals surface area contributed by atoms with Crippen LogP contribution >= 0.6 is 0 Å². The van der Waals surface area contributed by atoms with Crippen molar-refractivity contribution in [2.45, 2.75) is 32.7 Å². The van der Waals surface area contributed by atoms with Gasteiger partial charge in [0.05, 0.1) is 11.7 Å². The Labute approximate surface area is 123 Å². The van der Waals surface area contributed by atoms with Crippen molar-refractivity contribution >= 4 is 5.91 Å². The lowest BCUT2D eigenvalue weighted by Gasteiger charge is -2.26. The molecular weight excluding hydrogens is 266 g/mol. The maximum absolute atomic E-state index is 12.4. The van der Waals surface area contributed by atoms with E-state index >= 15 is 0 Å². The van der Waals surface area contributed by atoms with E-state index in [1.807, 2.05) is 18.7 Å². The Kier molecular flexibility index (Phi) is 3.68. The molecule has 2 aromatic heterocycles. The van der Waals surface area contributed by atoms with Crippen molar-refractivity contribution in [2.75, 3.05) is 6.54 Å². The summed E-state index contributed by atoms with van der Waals surface area (Å²) in [6, 6.07) is -0.00583. The van der Waals surface area contributed by atoms with Crippen molar-refractivity contribution in [3.63, 3.8) is 0 Å². The van der Waals surface area contributed by atoms with Crippen LogP contribution in [0.1, 0.15) is 38.4 Å². The van der Waals surface area contributed by atoms with Gasteiger partial charge < -0.3 is 9.88 Å². The molecule has 0 aliphatic carbocycles. The normalized spacial score (nSPS) is 18.4. The first-order valence-electron chi connectivity index (χ1n) is 7.29. The van der Waals surface area contributed by atoms with Crippen LogP contribution in [0.15, 0.2) is 24.8 Å². The molecule has 1 N–H and O–H groups in total. The second-order valence-electron chi connectivity index (χ2n) is 5.57. The SMILES string of the molecule is CC(C)C(=O)N1CCC[C@H]1c1nccnc1-c1ncc[nH]1. The molecule has 21 heavy (non-hydrogen) atoms. The molecule has 1 amide bonds. The van der Waals surface area contributed by atoms with Crippen molar-refractivity contribution in [3.8, 4) is 11.5 Å². The Bertz CT molecular complexity index is 623. The number of likely N-dealkylation sites (tertiary alicyclic amines) is 1. The predicted molar refractivity (Wildman–Crippen MR) is 78.1 cm³/mol. The molecule has 0 aromatic carbocycles. The van der Waals surface area contributed by atoms with Gasteiger partial charge in [-0.3, -0.25) is 9.78 Å². The average Bonchev–Trinajstić information content (AvgIpc) is 3.17. The number of aromatic nitrogens is 4. The second-order valence-corrected chi connectivity index (χ2v) is 5.57. The average molecular weight is 285 g/mol. The second kappa shape index (κ2) is 5.63. The van der Waals surface area contributed by atoms with Crippen LogP contribution in [0, 0.1) is 5.92 Å². The molecule has 110 valence electrons. The lowest BCUT2D eigenvalue weighted by Crippen LogP contribution is -2.34. The molecule has 3 rings (SSSR count). The lowest BCUT2D eigenvalue weighted by molar-refractivity contribution is -0.135. The molecule has 6 heteroatoms. The Balaban J connectivity index is 1.98. The fourth-order valence-electron chi connectivity index (χ4n) is 2.82. The van der Waals surface area contributed by atoms with Crippen LogP contribution in [-0.2, 0) is 4.79 Å². The van der Waals surface area contributed by atoms with Gasteiger partial charge in [0, 0.05) is 37.3 Å². The minimum absolute atomic E-state index is 0.00525. The number of hydrogen-bond donors (Lipinski definition) is 1. The van der Waals surface area contributed by atoms with Crippen molar-refractivity contribution in [2.24, 2.45) is 5.92 Å². The van der Waals surface area contributed by atoms with Gasteiger partial charge in [-0.05, 0) is 12.8 Å². The molecule has 0 saturated carbocycles. The van der Waals surface area contributed by atoms with Gasteiger partial charge in [-0.15, -0.1) is 0 Å². The van der Waals surface area contributed by atoms with Crippen molar-refractivity contribution in [1.29, 1.82) is 0 Å². The first-order valence-corrected chi connectivity index (χ1v) is 7.29. The van der Waals surface area contributed by atoms with Crippen molar-refractivity contribution in [3.05, 3.63) is 30.5 Å². The van der Waals surface area contributed by atoms with E-state index in [9.17, 15) is 4.79 Å². The molecule has 1 saturated heterocycles. The van der Waals surface area contributed by atoms with E-state index in [4.69, 9.17) is 0 Å². The Morgan fingerprint density at radius 3 is 2.81 bits per heavy atom. The number of carbonyl (C=O) groups excluding carboxylic acids is 1. The summed E-state index contributed by atoms with van der Waals surface area (Å²) in [7, 11) is 0. The third-order valence-electron chi connectivity index (χ3n) is 3.79. The predicted octanol–water partition coefficient (Wildman–Crippen LogP) is 2.19. The quantitative estimate of drug-likeness (QED) is 0.938. The molecule has 0 spiro atoms. The molecule has 2 aromatic rings. The van der Waals surface area contributed by atoms with Crippen LogP contribution in [0.4, 0.5) is 0 Å². The monoisotopic (exact) mass is 285 g/mol. The molecule has 1 atom stereocenters. The molecule has 6 nitrogen and oxygen atoms in total. The van der Waals surface area contributed by atoms with E-state index in [1.165, 1.54) is 0 Å². The number of imidazole rings is 1. The largest absolute Gasteiger partial charge is 0.343 e. The fraction of sp³-hybridized carbons (Fsp3) is 0.467. The van der Waals surface area contributed by atoms with Crippen LogP contribution in [0.2, 0.25) is 0 Å². The summed E-state index contributed by atoms with van der Waals surface area (Å²) >= 11 is 0. The fourth-order valence-corrected chi connectivity index (χ4v) is 2.82. The first kappa shape index (κ1) is 13.7. The summed E-state index contributed by atoms with van der Waals surface area (Å²) < 4.78 is 0. The summed E-state index contributed by atoms with van der Waals surface area (Å²) in [6.07, 6.45) is 8.71. The van der Waals surface area contributed by atoms with Crippen LogP contribution < -0.4 is 0 Å². The summed E-state index contributed by atoms with van der Waals surface area (Å²) in [4.78, 5) is 30.5. The van der Waals surface area contributed by atoms with E-state index in [0.717, 1.165) is 30.8 Å². The number of aromatic amines is 1. The highest BCUT2D eigenvalue weighted by molar-refractivity contribution is 5.79. The highest BCUT2D eigenvalue weighted by atomic mass is 16.2. The first-order chi connectivity index (χ1) is 10.2. The molecule has 1 fully saturated rings. The summed E-state index contributed by atoms with van der Waals surface area (Å²) in [6.45, 7) is 4.65. The number of carbonyl (C=O) groups is 1. The summed E-state index contributed by atoms with van der Waals surface area (Å²) in [5, 5.41) is 0. The third-order valence-corrected chi connectivity index (χ3v) is 3.79. The topological polar surface area (TPSA) is 74.8 Å². The maximum Gasteiger partial charge on any atom is 0.225 e. The van der Waals surface area contributed by atoms with Gasteiger partial charge in [-0.2, -0.15) is 0 Å². The number of hydrogen-bond acceptors (Lipinski definition) is 4. The summed E-state index contributed by atoms with van der Waals surface area (Å²) in [5.41, 5.74) is 1.56. The van der Waals surface area contributed by atoms with E-state index < -0.39 is 0 Å². The zero-order valence-electron chi connectivity index (χ0n) is 12.3. The Morgan fingerprint density at radius 1 is 1.29 bits per heavy atom. The number of rotatable bonds is 3. The van der Waals surface area contributed by atoms with Gasteiger partial charge in [0.2, 0.25) is 5.91 Å². The van der Waals surface area contributed by atoms with Gasteiger partial charge in [0.1, 0.15) is 5.69 Å². The van der Waals surface area contributed by atoms with Gasteiger partial charge in [0.25, 0.3) is 0 Å². The highest BCUT2D eigenvalue weighted by Gasteiger charge is 2.34. The number of nitrogens with zero attached hydrogens (tertiary/aromatic N) is 4. The lowest BCUT2D eigenvalue weighted by atomic mass is 10.1. The van der Waals surface area contributed by atoms with E-state index in [1.54, 1.807) is 24.8 Å². The maximum atomic E-state index is 12.4. The zero-order chi connectivity index (χ0) is 14.8. The molecular formula is C15H19N5O. The molecule has 0 radical (unpaired) electrons. The molecule has 0 bridgehead atoms. The number of H-pyrrole nitrogens is 1. The highest BCUT2D eigenvalue weighted by Crippen LogP contribution is 2.35. The third kappa shape index (κ3) is 2.53. The molecule has 0 unspecified atom stereocenters. The minimum Gasteiger partial charge on any atom is -0.343 e. The van der Waals surface area contributed by atoms with Crippen LogP contribution in [-0.4, -0.2) is 37.3 Å². The minimum atomic E-state index is -0.00583. The van der Waals surface area contributed by atoms with Crippen molar-refractivity contribution in [1.82, 2.24) is 24.8 Å². The van der Waals surface area contributed by atoms with E-state index in [-0.39, 0.29) is 17.9 Å².